The van der Waals surface area contributed by atoms with Gasteiger partial charge >= 0.3 is 6.03 Å². The van der Waals surface area contributed by atoms with Gasteiger partial charge in [-0.2, -0.15) is 9.78 Å². The summed E-state index contributed by atoms with van der Waals surface area (Å²) in [7, 11) is 0. The van der Waals surface area contributed by atoms with E-state index < -0.39 is 5.91 Å². The highest BCUT2D eigenvalue weighted by Crippen LogP contribution is 2.42. The molecule has 29 heavy (non-hydrogen) atoms. The molecule has 9 heteroatoms. The molecule has 0 bridgehead atoms. The van der Waals surface area contributed by atoms with Crippen molar-refractivity contribution < 1.29 is 19.2 Å². The van der Waals surface area contributed by atoms with Gasteiger partial charge in [0.2, 0.25) is 5.76 Å². The maximum atomic E-state index is 12.5. The SMILES string of the molecule is O=C(Nc1ccc(-c2cc(C3CC3)n(C(=O)NC3CC3)n2)c(O)c1)c1ccno1. The van der Waals surface area contributed by atoms with Gasteiger partial charge in [-0.3, -0.25) is 4.79 Å². The number of carbonyl (C=O) groups is 2. The van der Waals surface area contributed by atoms with Crippen molar-refractivity contribution in [2.75, 3.05) is 5.32 Å². The van der Waals surface area contributed by atoms with Crippen molar-refractivity contribution >= 4 is 17.6 Å². The van der Waals surface area contributed by atoms with Gasteiger partial charge in [-0.15, -0.1) is 0 Å². The van der Waals surface area contributed by atoms with Gasteiger partial charge in [0.05, 0.1) is 17.6 Å². The molecule has 2 amide bonds. The third kappa shape index (κ3) is 3.58. The quantitative estimate of drug-likeness (QED) is 0.612. The van der Waals surface area contributed by atoms with Crippen molar-refractivity contribution in [2.45, 2.75) is 37.6 Å². The first-order chi connectivity index (χ1) is 14.1. The van der Waals surface area contributed by atoms with Crippen molar-refractivity contribution in [3.63, 3.8) is 0 Å². The number of carbonyl (C=O) groups excluding carboxylic acids is 2. The van der Waals surface area contributed by atoms with Crippen LogP contribution in [0.25, 0.3) is 11.3 Å². The summed E-state index contributed by atoms with van der Waals surface area (Å²) in [5, 5.41) is 24.0. The molecule has 2 aromatic heterocycles. The second-order valence-electron chi connectivity index (χ2n) is 7.43. The highest BCUT2D eigenvalue weighted by Gasteiger charge is 2.32. The minimum Gasteiger partial charge on any atom is -0.507 e. The zero-order valence-corrected chi connectivity index (χ0v) is 15.5. The number of hydrogen-bond acceptors (Lipinski definition) is 6. The topological polar surface area (TPSA) is 122 Å². The van der Waals surface area contributed by atoms with Gasteiger partial charge in [0.25, 0.3) is 5.91 Å². The van der Waals surface area contributed by atoms with Crippen LogP contribution in [-0.4, -0.2) is 38.0 Å². The van der Waals surface area contributed by atoms with E-state index in [1.165, 1.54) is 23.0 Å². The molecule has 2 fully saturated rings. The van der Waals surface area contributed by atoms with E-state index in [2.05, 4.69) is 20.9 Å². The molecule has 2 saturated carbocycles. The number of hydrogen-bond donors (Lipinski definition) is 3. The Morgan fingerprint density at radius 1 is 1.14 bits per heavy atom. The van der Waals surface area contributed by atoms with E-state index in [9.17, 15) is 14.7 Å². The van der Waals surface area contributed by atoms with Crippen molar-refractivity contribution in [2.24, 2.45) is 0 Å². The fourth-order valence-corrected chi connectivity index (χ4v) is 3.17. The molecular weight excluding hydrogens is 374 g/mol. The highest BCUT2D eigenvalue weighted by atomic mass is 16.5. The lowest BCUT2D eigenvalue weighted by Gasteiger charge is -2.07. The number of nitrogens with one attached hydrogen (secondary N) is 2. The van der Waals surface area contributed by atoms with Gasteiger partial charge in [-0.25, -0.2) is 4.79 Å². The van der Waals surface area contributed by atoms with Crippen LogP contribution >= 0.6 is 0 Å². The van der Waals surface area contributed by atoms with Crippen LogP contribution in [0, 0.1) is 0 Å². The first kappa shape index (κ1) is 17.5. The maximum Gasteiger partial charge on any atom is 0.342 e. The van der Waals surface area contributed by atoms with Gasteiger partial charge in [0.1, 0.15) is 5.75 Å². The predicted molar refractivity (Wildman–Crippen MR) is 103 cm³/mol. The maximum absolute atomic E-state index is 12.5. The van der Waals surface area contributed by atoms with Crippen molar-refractivity contribution in [1.29, 1.82) is 0 Å². The Hall–Kier alpha value is -3.62. The Morgan fingerprint density at radius 3 is 2.62 bits per heavy atom. The number of anilines is 1. The number of phenolic OH excluding ortho intramolecular Hbond substituents is 1. The molecule has 0 radical (unpaired) electrons. The van der Waals surface area contributed by atoms with E-state index in [4.69, 9.17) is 4.52 Å². The van der Waals surface area contributed by atoms with Crippen LogP contribution in [0.2, 0.25) is 0 Å². The first-order valence-electron chi connectivity index (χ1n) is 9.55. The van der Waals surface area contributed by atoms with Crippen LogP contribution in [0.4, 0.5) is 10.5 Å². The van der Waals surface area contributed by atoms with Crippen LogP contribution in [-0.2, 0) is 0 Å². The van der Waals surface area contributed by atoms with Gasteiger partial charge in [-0.05, 0) is 43.9 Å². The Bertz CT molecular complexity index is 1080. The fraction of sp³-hybridized carbons (Fsp3) is 0.300. The number of phenols is 1. The van der Waals surface area contributed by atoms with E-state index >= 15 is 0 Å². The first-order valence-corrected chi connectivity index (χ1v) is 9.55. The molecule has 3 aromatic rings. The number of amides is 2. The number of nitrogens with zero attached hydrogens (tertiary/aromatic N) is 3. The number of rotatable bonds is 5. The molecule has 0 saturated heterocycles. The third-order valence-corrected chi connectivity index (χ3v) is 5.02. The largest absolute Gasteiger partial charge is 0.507 e. The number of benzene rings is 1. The van der Waals surface area contributed by atoms with Gasteiger partial charge < -0.3 is 20.3 Å². The Labute approximate surface area is 165 Å². The molecule has 0 spiro atoms. The standard InChI is InChI=1S/C20H19N5O4/c26-17-9-13(22-19(27)18-7-8-21-29-18)5-6-14(17)15-10-16(11-1-2-11)25(24-15)20(28)23-12-3-4-12/h5-12,26H,1-4H2,(H,22,27)(H,23,28). The molecule has 2 aliphatic carbocycles. The normalized spacial score (nSPS) is 15.9. The van der Waals surface area contributed by atoms with Crippen LogP contribution in [0.1, 0.15) is 47.8 Å². The summed E-state index contributed by atoms with van der Waals surface area (Å²) in [6, 6.07) is 8.06. The van der Waals surface area contributed by atoms with E-state index in [1.807, 2.05) is 6.07 Å². The van der Waals surface area contributed by atoms with Crippen LogP contribution in [0.5, 0.6) is 5.75 Å². The lowest BCUT2D eigenvalue weighted by Crippen LogP contribution is -2.32. The molecule has 148 valence electrons. The molecule has 1 aromatic carbocycles. The molecule has 0 unspecified atom stereocenters. The van der Waals surface area contributed by atoms with E-state index in [-0.39, 0.29) is 23.6 Å². The fourth-order valence-electron chi connectivity index (χ4n) is 3.17. The highest BCUT2D eigenvalue weighted by molar-refractivity contribution is 6.02. The summed E-state index contributed by atoms with van der Waals surface area (Å²) in [6.07, 6.45) is 5.44. The lowest BCUT2D eigenvalue weighted by molar-refractivity contribution is 0.0988. The molecule has 5 rings (SSSR count). The average molecular weight is 393 g/mol. The molecule has 2 heterocycles. The van der Waals surface area contributed by atoms with Gasteiger partial charge in [0, 0.05) is 35.3 Å². The lowest BCUT2D eigenvalue weighted by atomic mass is 10.1. The van der Waals surface area contributed by atoms with Crippen LogP contribution in [0.15, 0.2) is 41.1 Å². The third-order valence-electron chi connectivity index (χ3n) is 5.02. The van der Waals surface area contributed by atoms with E-state index in [0.29, 0.717) is 22.9 Å². The van der Waals surface area contributed by atoms with Crippen LogP contribution in [0.3, 0.4) is 0 Å². The molecule has 0 atom stereocenters. The number of aromatic nitrogens is 3. The molecule has 9 nitrogen and oxygen atoms in total. The summed E-state index contributed by atoms with van der Waals surface area (Å²) in [5.41, 5.74) is 2.27. The van der Waals surface area contributed by atoms with Gasteiger partial charge in [-0.1, -0.05) is 5.16 Å². The van der Waals surface area contributed by atoms with E-state index in [0.717, 1.165) is 31.4 Å². The summed E-state index contributed by atoms with van der Waals surface area (Å²) >= 11 is 0. The van der Waals surface area contributed by atoms with Crippen molar-refractivity contribution in [3.8, 4) is 17.0 Å². The second kappa shape index (κ2) is 6.77. The summed E-state index contributed by atoms with van der Waals surface area (Å²) in [4.78, 5) is 24.6. The summed E-state index contributed by atoms with van der Waals surface area (Å²) in [6.45, 7) is 0. The zero-order valence-electron chi connectivity index (χ0n) is 15.5. The molecule has 0 aliphatic heterocycles. The minimum atomic E-state index is -0.466. The molecular formula is C20H19N5O4. The predicted octanol–water partition coefficient (Wildman–Crippen LogP) is 3.09. The minimum absolute atomic E-state index is 0.0463. The van der Waals surface area contributed by atoms with Crippen molar-refractivity contribution in [1.82, 2.24) is 20.3 Å². The Balaban J connectivity index is 1.40. The van der Waals surface area contributed by atoms with Crippen LogP contribution < -0.4 is 10.6 Å². The molecule has 3 N–H and O–H groups in total. The smallest absolute Gasteiger partial charge is 0.342 e. The van der Waals surface area contributed by atoms with E-state index in [1.54, 1.807) is 12.1 Å². The van der Waals surface area contributed by atoms with Crippen molar-refractivity contribution in [3.05, 3.63) is 48.0 Å². The summed E-state index contributed by atoms with van der Waals surface area (Å²) < 4.78 is 6.24. The zero-order chi connectivity index (χ0) is 20.0. The Morgan fingerprint density at radius 2 is 1.97 bits per heavy atom. The number of aromatic hydroxyl groups is 1. The van der Waals surface area contributed by atoms with Gasteiger partial charge in [0.15, 0.2) is 0 Å². The summed E-state index contributed by atoms with van der Waals surface area (Å²) in [5.74, 6) is -0.117. The average Bonchev–Trinajstić information content (AvgIpc) is 3.61. The Kier molecular flexibility index (Phi) is 4.08. The second-order valence-corrected chi connectivity index (χ2v) is 7.43. The monoisotopic (exact) mass is 393 g/mol. The molecule has 2 aliphatic rings.